The first-order valence-electron chi connectivity index (χ1n) is 8.18. The number of hydrogen-bond acceptors (Lipinski definition) is 4. The number of nitrogens with zero attached hydrogens (tertiary/aromatic N) is 1. The van der Waals surface area contributed by atoms with Crippen molar-refractivity contribution in [3.63, 3.8) is 0 Å². The van der Waals surface area contributed by atoms with Gasteiger partial charge in [0.1, 0.15) is 0 Å². The van der Waals surface area contributed by atoms with Crippen molar-refractivity contribution in [2.75, 3.05) is 7.05 Å². The summed E-state index contributed by atoms with van der Waals surface area (Å²) >= 11 is 1.45. The fraction of sp³-hybridized carbons (Fsp3) is 0.250. The Morgan fingerprint density at radius 3 is 2.68 bits per heavy atom. The molecule has 2 heterocycles. The maximum absolute atomic E-state index is 11.5. The summed E-state index contributed by atoms with van der Waals surface area (Å²) < 4.78 is 0. The number of benzene rings is 1. The van der Waals surface area contributed by atoms with Crippen LogP contribution in [0.3, 0.4) is 0 Å². The van der Waals surface area contributed by atoms with Crippen molar-refractivity contribution in [1.29, 1.82) is 0 Å². The van der Waals surface area contributed by atoms with Gasteiger partial charge in [0.15, 0.2) is 5.78 Å². The molecule has 4 nitrogen and oxygen atoms in total. The van der Waals surface area contributed by atoms with Crippen molar-refractivity contribution in [3.8, 4) is 11.3 Å². The lowest BCUT2D eigenvalue weighted by molar-refractivity contribution is -0.120. The third-order valence-electron chi connectivity index (χ3n) is 4.24. The molecule has 0 saturated carbocycles. The zero-order chi connectivity index (χ0) is 18.0. The summed E-state index contributed by atoms with van der Waals surface area (Å²) in [6.07, 6.45) is 1.15. The summed E-state index contributed by atoms with van der Waals surface area (Å²) in [5, 5.41) is 5.72. The molecule has 1 amide bonds. The van der Waals surface area contributed by atoms with Gasteiger partial charge in [0.05, 0.1) is 16.1 Å². The lowest BCUT2D eigenvalue weighted by Crippen LogP contribution is -2.17. The first-order valence-corrected chi connectivity index (χ1v) is 9.06. The average Bonchev–Trinajstić information content (AvgIpc) is 3.09. The van der Waals surface area contributed by atoms with Crippen molar-refractivity contribution in [1.82, 2.24) is 10.3 Å². The molecule has 0 unspecified atom stereocenters. The fourth-order valence-corrected chi connectivity index (χ4v) is 3.59. The minimum Gasteiger partial charge on any atom is -0.359 e. The molecule has 2 aromatic heterocycles. The van der Waals surface area contributed by atoms with E-state index in [0.717, 1.165) is 38.2 Å². The zero-order valence-corrected chi connectivity index (χ0v) is 15.4. The van der Waals surface area contributed by atoms with E-state index >= 15 is 0 Å². The van der Waals surface area contributed by atoms with Gasteiger partial charge >= 0.3 is 0 Å². The van der Waals surface area contributed by atoms with Gasteiger partial charge in [0.25, 0.3) is 0 Å². The number of rotatable bonds is 5. The van der Waals surface area contributed by atoms with Crippen molar-refractivity contribution in [3.05, 3.63) is 51.7 Å². The molecule has 1 N–H and O–H groups in total. The number of nitrogens with one attached hydrogen (secondary N) is 1. The molecule has 5 heteroatoms. The molecule has 25 heavy (non-hydrogen) atoms. The Balaban J connectivity index is 1.97. The third kappa shape index (κ3) is 3.77. The number of carbonyl (C=O) groups excluding carboxylic acids is 2. The highest BCUT2D eigenvalue weighted by molar-refractivity contribution is 7.12. The second-order valence-electron chi connectivity index (χ2n) is 6.10. The SMILES string of the molecule is CNC(=O)CCc1ccc2c(C)cc(-c3csc(C(C)=O)c3)nc2c1. The molecule has 3 rings (SSSR count). The lowest BCUT2D eigenvalue weighted by Gasteiger charge is -2.08. The summed E-state index contributed by atoms with van der Waals surface area (Å²) in [7, 11) is 1.65. The van der Waals surface area contributed by atoms with E-state index in [-0.39, 0.29) is 11.7 Å². The van der Waals surface area contributed by atoms with E-state index in [1.807, 2.05) is 17.5 Å². The zero-order valence-electron chi connectivity index (χ0n) is 14.6. The van der Waals surface area contributed by atoms with Crippen LogP contribution in [0.25, 0.3) is 22.2 Å². The monoisotopic (exact) mass is 352 g/mol. The number of Topliss-reactive ketones (excluding diaryl/α,β-unsaturated/α-hetero) is 1. The predicted octanol–water partition coefficient (Wildman–Crippen LogP) is 4.15. The molecule has 0 bridgehead atoms. The molecule has 3 aromatic rings. The smallest absolute Gasteiger partial charge is 0.220 e. The minimum absolute atomic E-state index is 0.0352. The number of ketones is 1. The minimum atomic E-state index is 0.0352. The van der Waals surface area contributed by atoms with Gasteiger partial charge in [-0.1, -0.05) is 12.1 Å². The van der Waals surface area contributed by atoms with Crippen LogP contribution < -0.4 is 5.32 Å². The fourth-order valence-electron chi connectivity index (χ4n) is 2.79. The van der Waals surface area contributed by atoms with Crippen molar-refractivity contribution < 1.29 is 9.59 Å². The maximum Gasteiger partial charge on any atom is 0.220 e. The Bertz CT molecular complexity index is 959. The number of carbonyl (C=O) groups is 2. The topological polar surface area (TPSA) is 59.1 Å². The maximum atomic E-state index is 11.5. The van der Waals surface area contributed by atoms with Gasteiger partial charge in [-0.3, -0.25) is 9.59 Å². The van der Waals surface area contributed by atoms with Gasteiger partial charge in [-0.05, 0) is 49.6 Å². The first-order chi connectivity index (χ1) is 12.0. The van der Waals surface area contributed by atoms with E-state index in [0.29, 0.717) is 12.8 Å². The van der Waals surface area contributed by atoms with E-state index in [4.69, 9.17) is 4.98 Å². The molecule has 0 spiro atoms. The van der Waals surface area contributed by atoms with Crippen LogP contribution in [-0.4, -0.2) is 23.7 Å². The molecule has 128 valence electrons. The van der Waals surface area contributed by atoms with Gasteiger partial charge in [0, 0.05) is 29.8 Å². The molecule has 0 aliphatic heterocycles. The van der Waals surface area contributed by atoms with Crippen LogP contribution in [-0.2, 0) is 11.2 Å². The number of pyridine rings is 1. The number of fused-ring (bicyclic) bond motifs is 1. The van der Waals surface area contributed by atoms with Crippen molar-refractivity contribution in [2.45, 2.75) is 26.7 Å². The molecular formula is C20H20N2O2S. The van der Waals surface area contributed by atoms with Gasteiger partial charge in [-0.15, -0.1) is 11.3 Å². The Morgan fingerprint density at radius 1 is 1.20 bits per heavy atom. The van der Waals surface area contributed by atoms with Gasteiger partial charge in [-0.25, -0.2) is 4.98 Å². The van der Waals surface area contributed by atoms with Crippen LogP contribution >= 0.6 is 11.3 Å². The Hall–Kier alpha value is -2.53. The van der Waals surface area contributed by atoms with E-state index in [1.54, 1.807) is 14.0 Å². The van der Waals surface area contributed by atoms with Crippen LogP contribution in [0.4, 0.5) is 0 Å². The van der Waals surface area contributed by atoms with Crippen LogP contribution in [0.15, 0.2) is 35.7 Å². The van der Waals surface area contributed by atoms with Crippen molar-refractivity contribution in [2.24, 2.45) is 0 Å². The van der Waals surface area contributed by atoms with Gasteiger partial charge in [-0.2, -0.15) is 0 Å². The summed E-state index contributed by atoms with van der Waals surface area (Å²) in [5.74, 6) is 0.110. The summed E-state index contributed by atoms with van der Waals surface area (Å²) in [6.45, 7) is 3.64. The number of hydrogen-bond donors (Lipinski definition) is 1. The quantitative estimate of drug-likeness (QED) is 0.702. The molecule has 0 fully saturated rings. The van der Waals surface area contributed by atoms with Crippen molar-refractivity contribution >= 4 is 33.9 Å². The van der Waals surface area contributed by atoms with Crippen LogP contribution in [0.2, 0.25) is 0 Å². The van der Waals surface area contributed by atoms with E-state index < -0.39 is 0 Å². The van der Waals surface area contributed by atoms with Gasteiger partial charge < -0.3 is 5.32 Å². The second-order valence-corrected chi connectivity index (χ2v) is 7.02. The molecular weight excluding hydrogens is 332 g/mol. The van der Waals surface area contributed by atoms with Crippen LogP contribution in [0.1, 0.15) is 34.1 Å². The van der Waals surface area contributed by atoms with Crippen LogP contribution in [0.5, 0.6) is 0 Å². The number of thiophene rings is 1. The molecule has 0 atom stereocenters. The van der Waals surface area contributed by atoms with Crippen LogP contribution in [0, 0.1) is 6.92 Å². The normalized spacial score (nSPS) is 10.8. The Morgan fingerprint density at radius 2 is 2.00 bits per heavy atom. The second kappa shape index (κ2) is 7.15. The molecule has 0 aliphatic carbocycles. The molecule has 0 aliphatic rings. The highest BCUT2D eigenvalue weighted by atomic mass is 32.1. The summed E-state index contributed by atoms with van der Waals surface area (Å²) in [6, 6.07) is 10.1. The largest absolute Gasteiger partial charge is 0.359 e. The summed E-state index contributed by atoms with van der Waals surface area (Å²) in [5.41, 5.74) is 5.00. The average molecular weight is 352 g/mol. The standard InChI is InChI=1S/C20H20N2O2S/c1-12-8-17(15-10-19(13(2)23)25-11-15)22-18-9-14(4-6-16(12)18)5-7-20(24)21-3/h4,6,8-11H,5,7H2,1-3H3,(H,21,24). The van der Waals surface area contributed by atoms with E-state index in [2.05, 4.69) is 30.4 Å². The number of aromatic nitrogens is 1. The Labute approximate surface area is 150 Å². The number of aryl methyl sites for hydroxylation is 2. The highest BCUT2D eigenvalue weighted by Gasteiger charge is 2.10. The number of amides is 1. The van der Waals surface area contributed by atoms with Gasteiger partial charge in [0.2, 0.25) is 5.91 Å². The Kier molecular flexibility index (Phi) is 4.95. The molecule has 0 saturated heterocycles. The lowest BCUT2D eigenvalue weighted by atomic mass is 10.0. The van der Waals surface area contributed by atoms with E-state index in [1.165, 1.54) is 11.3 Å². The summed E-state index contributed by atoms with van der Waals surface area (Å²) in [4.78, 5) is 28.5. The van der Waals surface area contributed by atoms with E-state index in [9.17, 15) is 9.59 Å². The first kappa shape index (κ1) is 17.3. The molecule has 1 aromatic carbocycles. The predicted molar refractivity (Wildman–Crippen MR) is 102 cm³/mol. The third-order valence-corrected chi connectivity index (χ3v) is 5.27. The molecule has 0 radical (unpaired) electrons. The highest BCUT2D eigenvalue weighted by Crippen LogP contribution is 2.28.